The van der Waals surface area contributed by atoms with Crippen molar-refractivity contribution in [1.82, 2.24) is 4.90 Å². The maximum absolute atomic E-state index is 12.5. The lowest BCUT2D eigenvalue weighted by molar-refractivity contribution is 0.0773. The van der Waals surface area contributed by atoms with Gasteiger partial charge in [0, 0.05) is 49.6 Å². The quantitative estimate of drug-likeness (QED) is 0.695. The van der Waals surface area contributed by atoms with Gasteiger partial charge >= 0.3 is 0 Å². The second-order valence-corrected chi connectivity index (χ2v) is 6.76. The summed E-state index contributed by atoms with van der Waals surface area (Å²) in [6, 6.07) is 15.7. The van der Waals surface area contributed by atoms with E-state index in [4.69, 9.17) is 4.74 Å². The predicted molar refractivity (Wildman–Crippen MR) is 124 cm³/mol. The molecule has 0 atom stereocenters. The molecule has 3 rings (SSSR count). The summed E-state index contributed by atoms with van der Waals surface area (Å²) in [6.07, 6.45) is 0. The van der Waals surface area contributed by atoms with Gasteiger partial charge in [0.1, 0.15) is 11.8 Å². The number of anilines is 1. The number of amides is 1. The lowest BCUT2D eigenvalue weighted by atomic mass is 9.90. The van der Waals surface area contributed by atoms with Crippen molar-refractivity contribution >= 4 is 22.7 Å². The van der Waals surface area contributed by atoms with E-state index in [1.807, 2.05) is 77.2 Å². The van der Waals surface area contributed by atoms with E-state index < -0.39 is 0 Å². The predicted octanol–water partition coefficient (Wildman–Crippen LogP) is 5.09. The van der Waals surface area contributed by atoms with Crippen LogP contribution in [0.3, 0.4) is 0 Å². The van der Waals surface area contributed by atoms with E-state index in [0.29, 0.717) is 30.8 Å². The molecule has 30 heavy (non-hydrogen) atoms. The maximum atomic E-state index is 12.5. The lowest BCUT2D eigenvalue weighted by Crippen LogP contribution is -2.30. The molecular weight excluding hydrogens is 374 g/mol. The molecule has 5 nitrogen and oxygen atoms in total. The Bertz CT molecular complexity index is 951. The molecule has 0 spiro atoms. The van der Waals surface area contributed by atoms with Crippen LogP contribution >= 0.6 is 0 Å². The van der Waals surface area contributed by atoms with Crippen LogP contribution in [0, 0.1) is 11.3 Å². The molecular formula is C25H31N3O2. The third kappa shape index (κ3) is 4.49. The summed E-state index contributed by atoms with van der Waals surface area (Å²) < 4.78 is 5.32. The lowest BCUT2D eigenvalue weighted by Gasteiger charge is -2.30. The van der Waals surface area contributed by atoms with E-state index in [1.165, 1.54) is 0 Å². The highest BCUT2D eigenvalue weighted by Crippen LogP contribution is 2.39. The number of hydrogen-bond acceptors (Lipinski definition) is 4. The first-order valence-electron chi connectivity index (χ1n) is 10.5. The van der Waals surface area contributed by atoms with E-state index in [9.17, 15) is 10.1 Å². The van der Waals surface area contributed by atoms with Crippen molar-refractivity contribution in [3.8, 4) is 11.8 Å². The van der Waals surface area contributed by atoms with Crippen LogP contribution in [0.1, 0.15) is 49.2 Å². The normalized spacial score (nSPS) is 12.4. The highest BCUT2D eigenvalue weighted by atomic mass is 16.5. The molecule has 0 aromatic heterocycles. The first-order valence-corrected chi connectivity index (χ1v) is 10.5. The number of ether oxygens (including phenoxy) is 1. The van der Waals surface area contributed by atoms with Gasteiger partial charge in [-0.2, -0.15) is 5.26 Å². The molecule has 2 aromatic rings. The number of allylic oxidation sites excluding steroid dienone is 1. The molecule has 0 radical (unpaired) electrons. The zero-order valence-electron chi connectivity index (χ0n) is 18.8. The minimum absolute atomic E-state index is 0.0317. The van der Waals surface area contributed by atoms with Crippen LogP contribution in [0.15, 0.2) is 42.5 Å². The summed E-state index contributed by atoms with van der Waals surface area (Å²) in [5.74, 6) is 0.801. The van der Waals surface area contributed by atoms with Gasteiger partial charge < -0.3 is 14.5 Å². The third-order valence-electron chi connectivity index (χ3n) is 5.23. The summed E-state index contributed by atoms with van der Waals surface area (Å²) in [5, 5.41) is 9.84. The maximum Gasteiger partial charge on any atom is 0.253 e. The second-order valence-electron chi connectivity index (χ2n) is 6.76. The molecule has 158 valence electrons. The number of likely N-dealkylation sites (N-methyl/N-ethyl adjacent to an activating group) is 1. The number of nitrogens with zero attached hydrogens (tertiary/aromatic N) is 3. The molecule has 1 aliphatic rings. The Balaban J connectivity index is 0.00000155. The van der Waals surface area contributed by atoms with E-state index in [0.717, 1.165) is 28.1 Å². The zero-order valence-corrected chi connectivity index (χ0v) is 18.8. The summed E-state index contributed by atoms with van der Waals surface area (Å²) in [5.41, 5.74) is 5.13. The largest absolute Gasteiger partial charge is 0.497 e. The fraction of sp³-hybridized carbons (Fsp3) is 0.360. The molecule has 1 aliphatic heterocycles. The SMILES string of the molecule is CC.CCN(CC)C(=O)c1ccc(C2=C(C#N)c3ccc(OC)cc3N(C)C2)cc1. The molecule has 2 aromatic carbocycles. The number of nitriles is 1. The number of rotatable bonds is 5. The standard InChI is InChI=1S/C23H25N3O2.C2H6/c1-5-26(6-2)23(27)17-9-7-16(8-10-17)21-15-25(3)22-13-18(28-4)11-12-19(22)20(21)14-24;1-2/h7-13H,5-6,15H2,1-4H3;1-2H3. The number of benzene rings is 2. The molecule has 0 aliphatic carbocycles. The summed E-state index contributed by atoms with van der Waals surface area (Å²) in [4.78, 5) is 16.4. The van der Waals surface area contributed by atoms with Crippen LogP contribution in [0.5, 0.6) is 5.75 Å². The van der Waals surface area contributed by atoms with E-state index >= 15 is 0 Å². The summed E-state index contributed by atoms with van der Waals surface area (Å²) in [7, 11) is 3.64. The van der Waals surface area contributed by atoms with Crippen molar-refractivity contribution in [3.63, 3.8) is 0 Å². The number of methoxy groups -OCH3 is 1. The van der Waals surface area contributed by atoms with Crippen molar-refractivity contribution in [2.45, 2.75) is 27.7 Å². The van der Waals surface area contributed by atoms with Crippen molar-refractivity contribution in [3.05, 3.63) is 59.2 Å². The zero-order chi connectivity index (χ0) is 22.3. The fourth-order valence-electron chi connectivity index (χ4n) is 3.60. The van der Waals surface area contributed by atoms with Gasteiger partial charge in [-0.05, 0) is 49.2 Å². The Morgan fingerprint density at radius 1 is 1.13 bits per heavy atom. The van der Waals surface area contributed by atoms with Crippen LogP contribution in [0.25, 0.3) is 11.1 Å². The topological polar surface area (TPSA) is 56.6 Å². The van der Waals surface area contributed by atoms with Crippen LogP contribution < -0.4 is 9.64 Å². The highest BCUT2D eigenvalue weighted by Gasteiger charge is 2.24. The van der Waals surface area contributed by atoms with E-state index in [-0.39, 0.29) is 5.91 Å². The van der Waals surface area contributed by atoms with Crippen LogP contribution in [0.2, 0.25) is 0 Å². The molecule has 5 heteroatoms. The monoisotopic (exact) mass is 405 g/mol. The van der Waals surface area contributed by atoms with Gasteiger partial charge in [0.05, 0.1) is 12.7 Å². The van der Waals surface area contributed by atoms with Crippen molar-refractivity contribution in [1.29, 1.82) is 5.26 Å². The van der Waals surface area contributed by atoms with Gasteiger partial charge in [-0.25, -0.2) is 0 Å². The summed E-state index contributed by atoms with van der Waals surface area (Å²) in [6.45, 7) is 9.94. The van der Waals surface area contributed by atoms with E-state index in [2.05, 4.69) is 11.0 Å². The van der Waals surface area contributed by atoms with Gasteiger partial charge in [0.15, 0.2) is 0 Å². The Morgan fingerprint density at radius 2 is 1.77 bits per heavy atom. The van der Waals surface area contributed by atoms with Crippen LogP contribution in [-0.4, -0.2) is 44.6 Å². The molecule has 1 amide bonds. The van der Waals surface area contributed by atoms with Gasteiger partial charge in [-0.3, -0.25) is 4.79 Å². The first-order chi connectivity index (χ1) is 14.5. The molecule has 0 saturated heterocycles. The summed E-state index contributed by atoms with van der Waals surface area (Å²) >= 11 is 0. The van der Waals surface area contributed by atoms with Gasteiger partial charge in [0.2, 0.25) is 0 Å². The number of hydrogen-bond donors (Lipinski definition) is 0. The smallest absolute Gasteiger partial charge is 0.253 e. The minimum Gasteiger partial charge on any atom is -0.497 e. The minimum atomic E-state index is 0.0317. The van der Waals surface area contributed by atoms with Gasteiger partial charge in [0.25, 0.3) is 5.91 Å². The molecule has 0 N–H and O–H groups in total. The second kappa shape index (κ2) is 10.5. The van der Waals surface area contributed by atoms with Gasteiger partial charge in [-0.15, -0.1) is 0 Å². The molecule has 0 bridgehead atoms. The Kier molecular flexibility index (Phi) is 8.06. The van der Waals surface area contributed by atoms with Crippen molar-refractivity contribution in [2.75, 3.05) is 38.7 Å². The molecule has 0 saturated carbocycles. The molecule has 0 unspecified atom stereocenters. The number of carbonyl (C=O) groups is 1. The third-order valence-corrected chi connectivity index (χ3v) is 5.23. The fourth-order valence-corrected chi connectivity index (χ4v) is 3.60. The number of carbonyl (C=O) groups excluding carboxylic acids is 1. The molecule has 0 fully saturated rings. The van der Waals surface area contributed by atoms with E-state index in [1.54, 1.807) is 12.0 Å². The van der Waals surface area contributed by atoms with Gasteiger partial charge in [-0.1, -0.05) is 26.0 Å². The van der Waals surface area contributed by atoms with Crippen LogP contribution in [-0.2, 0) is 0 Å². The molecule has 1 heterocycles. The first kappa shape index (κ1) is 23.0. The Labute approximate surface area is 180 Å². The van der Waals surface area contributed by atoms with Crippen molar-refractivity contribution < 1.29 is 9.53 Å². The average molecular weight is 406 g/mol. The Hall–Kier alpha value is -3.26. The van der Waals surface area contributed by atoms with Crippen LogP contribution in [0.4, 0.5) is 5.69 Å². The highest BCUT2D eigenvalue weighted by molar-refractivity contribution is 6.04. The average Bonchev–Trinajstić information content (AvgIpc) is 2.81. The van der Waals surface area contributed by atoms with Crippen molar-refractivity contribution in [2.24, 2.45) is 0 Å². The number of fused-ring (bicyclic) bond motifs is 1. The Morgan fingerprint density at radius 3 is 2.30 bits per heavy atom.